The number of pyridine rings is 1. The molecule has 0 saturated carbocycles. The topological polar surface area (TPSA) is 57.4 Å². The Labute approximate surface area is 119 Å². The minimum Gasteiger partial charge on any atom is -0.400 e. The number of nitrogens with two attached hydrogens (primary N) is 1. The van der Waals surface area contributed by atoms with E-state index in [-0.39, 0.29) is 11.2 Å². The highest BCUT2D eigenvalue weighted by molar-refractivity contribution is 6.52. The minimum atomic E-state index is -0.396. The van der Waals surface area contributed by atoms with Crippen LogP contribution in [0.2, 0.25) is 5.02 Å². The minimum absolute atomic E-state index is 0.344. The van der Waals surface area contributed by atoms with Crippen LogP contribution in [0.5, 0.6) is 0 Å². The lowest BCUT2D eigenvalue weighted by molar-refractivity contribution is 0.00578. The zero-order chi connectivity index (χ0) is 14.3. The molecule has 4 nitrogen and oxygen atoms in total. The first-order valence-electron chi connectivity index (χ1n) is 6.16. The van der Waals surface area contributed by atoms with E-state index in [1.54, 1.807) is 18.2 Å². The summed E-state index contributed by atoms with van der Waals surface area (Å²) in [4.78, 5) is 4.16. The van der Waals surface area contributed by atoms with Crippen LogP contribution in [0.3, 0.4) is 0 Å². The van der Waals surface area contributed by atoms with Crippen molar-refractivity contribution >= 4 is 30.6 Å². The number of nitrogen functional groups attached to an aromatic ring is 1. The third-order valence-corrected chi connectivity index (χ3v) is 3.74. The quantitative estimate of drug-likeness (QED) is 0.846. The van der Waals surface area contributed by atoms with Crippen LogP contribution in [0, 0.1) is 0 Å². The summed E-state index contributed by atoms with van der Waals surface area (Å²) in [6, 6.07) is 3.34. The number of hydrogen-bond donors (Lipinski definition) is 1. The normalized spacial score (nSPS) is 21.2. The summed E-state index contributed by atoms with van der Waals surface area (Å²) >= 11 is 5.92. The van der Waals surface area contributed by atoms with Gasteiger partial charge in [0.1, 0.15) is 5.82 Å². The van der Waals surface area contributed by atoms with E-state index in [4.69, 9.17) is 26.6 Å². The summed E-state index contributed by atoms with van der Waals surface area (Å²) < 4.78 is 11.7. The van der Waals surface area contributed by atoms with Gasteiger partial charge in [0.15, 0.2) is 0 Å². The van der Waals surface area contributed by atoms with Crippen LogP contribution in [0.25, 0.3) is 6.08 Å². The molecule has 2 rings (SSSR count). The standard InChI is InChI=1S/C13H18BClN2O2/c1-12(2)13(3,4)19-14(18-12)6-5-10-7-9(15)8-11(16)17-10/h5-8H,1-4H3,(H2,16,17)/b6-5+. The molecule has 2 N–H and O–H groups in total. The van der Waals surface area contributed by atoms with Gasteiger partial charge in [-0.3, -0.25) is 0 Å². The highest BCUT2D eigenvalue weighted by Gasteiger charge is 2.49. The van der Waals surface area contributed by atoms with E-state index in [9.17, 15) is 0 Å². The molecule has 0 bridgehead atoms. The van der Waals surface area contributed by atoms with Crippen molar-refractivity contribution < 1.29 is 9.31 Å². The van der Waals surface area contributed by atoms with Crippen molar-refractivity contribution in [3.05, 3.63) is 28.8 Å². The molecule has 0 aliphatic carbocycles. The third-order valence-electron chi connectivity index (χ3n) is 3.53. The monoisotopic (exact) mass is 280 g/mol. The van der Waals surface area contributed by atoms with Crippen molar-refractivity contribution in [2.45, 2.75) is 38.9 Å². The molecule has 1 aromatic heterocycles. The van der Waals surface area contributed by atoms with Gasteiger partial charge in [0.05, 0.1) is 16.9 Å². The molecule has 1 aliphatic heterocycles. The molecule has 0 amide bonds. The van der Waals surface area contributed by atoms with E-state index in [0.717, 1.165) is 0 Å². The fraction of sp³-hybridized carbons (Fsp3) is 0.462. The lowest BCUT2D eigenvalue weighted by Gasteiger charge is -2.32. The molecule has 0 atom stereocenters. The Morgan fingerprint density at radius 2 is 1.79 bits per heavy atom. The lowest BCUT2D eigenvalue weighted by Crippen LogP contribution is -2.41. The Hall–Kier alpha value is -1.04. The molecule has 1 saturated heterocycles. The van der Waals surface area contributed by atoms with Crippen molar-refractivity contribution in [2.75, 3.05) is 5.73 Å². The molecule has 102 valence electrons. The van der Waals surface area contributed by atoms with E-state index >= 15 is 0 Å². The van der Waals surface area contributed by atoms with Crippen LogP contribution in [0.4, 0.5) is 5.82 Å². The van der Waals surface area contributed by atoms with Crippen LogP contribution in [0.15, 0.2) is 18.1 Å². The van der Waals surface area contributed by atoms with Gasteiger partial charge < -0.3 is 15.0 Å². The summed E-state index contributed by atoms with van der Waals surface area (Å²) in [6.45, 7) is 8.04. The van der Waals surface area contributed by atoms with Crippen LogP contribution < -0.4 is 5.73 Å². The molecular weight excluding hydrogens is 262 g/mol. The number of halogens is 1. The largest absolute Gasteiger partial charge is 0.487 e. The van der Waals surface area contributed by atoms with E-state index in [0.29, 0.717) is 16.5 Å². The second-order valence-electron chi connectivity index (χ2n) is 5.62. The molecule has 6 heteroatoms. The van der Waals surface area contributed by atoms with Gasteiger partial charge in [-0.1, -0.05) is 17.6 Å². The lowest BCUT2D eigenvalue weighted by atomic mass is 9.89. The number of anilines is 1. The molecule has 0 spiro atoms. The van der Waals surface area contributed by atoms with Crippen molar-refractivity contribution in [2.24, 2.45) is 0 Å². The zero-order valence-electron chi connectivity index (χ0n) is 11.6. The number of rotatable bonds is 2. The molecule has 1 aromatic rings. The first kappa shape index (κ1) is 14.4. The molecule has 0 aromatic carbocycles. The molecule has 0 unspecified atom stereocenters. The van der Waals surface area contributed by atoms with Gasteiger partial charge in [-0.15, -0.1) is 0 Å². The second-order valence-corrected chi connectivity index (χ2v) is 6.06. The van der Waals surface area contributed by atoms with E-state index in [2.05, 4.69) is 4.98 Å². The van der Waals surface area contributed by atoms with Gasteiger partial charge >= 0.3 is 7.12 Å². The average Bonchev–Trinajstić information content (AvgIpc) is 2.43. The molecule has 1 fully saturated rings. The maximum Gasteiger partial charge on any atom is 0.487 e. The SMILES string of the molecule is CC1(C)OB(/C=C/c2cc(Cl)cc(N)n2)OC1(C)C. The van der Waals surface area contributed by atoms with Crippen molar-refractivity contribution in [3.8, 4) is 0 Å². The van der Waals surface area contributed by atoms with Crippen molar-refractivity contribution in [1.82, 2.24) is 4.98 Å². The van der Waals surface area contributed by atoms with Crippen LogP contribution in [-0.4, -0.2) is 23.3 Å². The maximum absolute atomic E-state index is 5.92. The van der Waals surface area contributed by atoms with Gasteiger partial charge in [0.2, 0.25) is 0 Å². The smallest absolute Gasteiger partial charge is 0.400 e. The molecule has 0 radical (unpaired) electrons. The Balaban J connectivity index is 2.12. The predicted octanol–water partition coefficient (Wildman–Crippen LogP) is 2.96. The summed E-state index contributed by atoms with van der Waals surface area (Å²) in [5.41, 5.74) is 5.63. The second kappa shape index (κ2) is 4.82. The Morgan fingerprint density at radius 3 is 2.32 bits per heavy atom. The first-order valence-corrected chi connectivity index (χ1v) is 6.54. The summed E-state index contributed by atoms with van der Waals surface area (Å²) in [6.07, 6.45) is 1.80. The molecule has 2 heterocycles. The summed E-state index contributed by atoms with van der Waals surface area (Å²) in [7, 11) is -0.396. The molecule has 1 aliphatic rings. The summed E-state index contributed by atoms with van der Waals surface area (Å²) in [5.74, 6) is 2.20. The van der Waals surface area contributed by atoms with Crippen LogP contribution in [-0.2, 0) is 9.31 Å². The average molecular weight is 281 g/mol. The van der Waals surface area contributed by atoms with Gasteiger partial charge in [-0.25, -0.2) is 4.98 Å². The van der Waals surface area contributed by atoms with Crippen LogP contribution >= 0.6 is 11.6 Å². The maximum atomic E-state index is 5.92. The zero-order valence-corrected chi connectivity index (χ0v) is 12.4. The van der Waals surface area contributed by atoms with E-state index < -0.39 is 7.12 Å². The first-order chi connectivity index (χ1) is 8.69. The Bertz CT molecular complexity index is 481. The van der Waals surface area contributed by atoms with Gasteiger partial charge in [0.25, 0.3) is 0 Å². The fourth-order valence-electron chi connectivity index (χ4n) is 1.77. The van der Waals surface area contributed by atoms with Gasteiger partial charge in [0, 0.05) is 5.02 Å². The number of hydrogen-bond acceptors (Lipinski definition) is 4. The van der Waals surface area contributed by atoms with Crippen molar-refractivity contribution in [3.63, 3.8) is 0 Å². The molecule has 19 heavy (non-hydrogen) atoms. The Morgan fingerprint density at radius 1 is 1.21 bits per heavy atom. The highest BCUT2D eigenvalue weighted by Crippen LogP contribution is 2.37. The predicted molar refractivity (Wildman–Crippen MR) is 78.8 cm³/mol. The number of nitrogens with zero attached hydrogens (tertiary/aromatic N) is 1. The van der Waals surface area contributed by atoms with Gasteiger partial charge in [-0.2, -0.15) is 0 Å². The molecular formula is C13H18BClN2O2. The Kier molecular flexibility index (Phi) is 3.64. The van der Waals surface area contributed by atoms with Crippen molar-refractivity contribution in [1.29, 1.82) is 0 Å². The fourth-order valence-corrected chi connectivity index (χ4v) is 1.99. The third kappa shape index (κ3) is 3.11. The van der Waals surface area contributed by atoms with E-state index in [1.165, 1.54) is 0 Å². The highest BCUT2D eigenvalue weighted by atomic mass is 35.5. The van der Waals surface area contributed by atoms with Crippen LogP contribution in [0.1, 0.15) is 33.4 Å². The van der Waals surface area contributed by atoms with E-state index in [1.807, 2.05) is 33.7 Å². The number of aromatic nitrogens is 1. The van der Waals surface area contributed by atoms with Gasteiger partial charge in [-0.05, 0) is 45.9 Å². The summed E-state index contributed by atoms with van der Waals surface area (Å²) in [5, 5.41) is 0.557.